The van der Waals surface area contributed by atoms with Gasteiger partial charge in [-0.3, -0.25) is 0 Å². The van der Waals surface area contributed by atoms with Crippen LogP contribution in [0.1, 0.15) is 13.3 Å². The van der Waals surface area contributed by atoms with E-state index in [9.17, 15) is 8.42 Å². The van der Waals surface area contributed by atoms with E-state index in [1.807, 2.05) is 11.9 Å². The van der Waals surface area contributed by atoms with Crippen molar-refractivity contribution in [3.63, 3.8) is 0 Å². The summed E-state index contributed by atoms with van der Waals surface area (Å²) in [4.78, 5) is 2.14. The Morgan fingerprint density at radius 3 is 2.65 bits per heavy atom. The third-order valence-electron chi connectivity index (χ3n) is 3.16. The maximum atomic E-state index is 11.7. The summed E-state index contributed by atoms with van der Waals surface area (Å²) in [5.74, 6) is 1.52. The minimum absolute atomic E-state index is 0.114. The molecule has 0 saturated heterocycles. The predicted molar refractivity (Wildman–Crippen MR) is 70.2 cm³/mol. The SMILES string of the molecule is CC1CC1CN(C)c1snc(N)c1S(C)(=O)=O. The van der Waals surface area contributed by atoms with Gasteiger partial charge in [0.25, 0.3) is 0 Å². The molecule has 1 aromatic heterocycles. The molecule has 1 aromatic rings. The summed E-state index contributed by atoms with van der Waals surface area (Å²) >= 11 is 1.15. The lowest BCUT2D eigenvalue weighted by Crippen LogP contribution is -2.21. The van der Waals surface area contributed by atoms with Gasteiger partial charge in [-0.25, -0.2) is 8.42 Å². The number of sulfone groups is 1. The lowest BCUT2D eigenvalue weighted by atomic mass is 10.3. The molecule has 96 valence electrons. The van der Waals surface area contributed by atoms with Crippen LogP contribution in [-0.2, 0) is 9.84 Å². The second-order valence-corrected chi connectivity index (χ2v) is 7.53. The molecule has 2 unspecified atom stereocenters. The molecule has 1 aliphatic rings. The van der Waals surface area contributed by atoms with E-state index >= 15 is 0 Å². The van der Waals surface area contributed by atoms with Crippen LogP contribution in [0, 0.1) is 11.8 Å². The maximum absolute atomic E-state index is 11.7. The van der Waals surface area contributed by atoms with Gasteiger partial charge in [-0.2, -0.15) is 4.37 Å². The summed E-state index contributed by atoms with van der Waals surface area (Å²) in [5, 5.41) is 0.657. The second kappa shape index (κ2) is 4.13. The number of nitrogen functional groups attached to an aromatic ring is 1. The van der Waals surface area contributed by atoms with Crippen LogP contribution in [0.5, 0.6) is 0 Å². The number of hydrogen-bond donors (Lipinski definition) is 1. The van der Waals surface area contributed by atoms with Gasteiger partial charge in [-0.05, 0) is 29.8 Å². The van der Waals surface area contributed by atoms with Gasteiger partial charge in [0.2, 0.25) is 0 Å². The molecule has 0 radical (unpaired) electrons. The van der Waals surface area contributed by atoms with Crippen LogP contribution in [0.25, 0.3) is 0 Å². The van der Waals surface area contributed by atoms with Gasteiger partial charge in [0, 0.05) is 19.8 Å². The number of nitrogens with two attached hydrogens (primary N) is 1. The Morgan fingerprint density at radius 1 is 1.59 bits per heavy atom. The molecule has 0 amide bonds. The highest BCUT2D eigenvalue weighted by atomic mass is 32.2. The molecule has 0 aromatic carbocycles. The standard InChI is InChI=1S/C10H17N3O2S2/c1-6-4-7(6)5-13(2)10-8(17(3,14)15)9(11)12-16-10/h6-7H,4-5H2,1-3H3,(H2,11,12). The van der Waals surface area contributed by atoms with Crippen molar-refractivity contribution in [2.45, 2.75) is 18.2 Å². The van der Waals surface area contributed by atoms with Crippen LogP contribution in [0.3, 0.4) is 0 Å². The summed E-state index contributed by atoms with van der Waals surface area (Å²) in [6, 6.07) is 0. The molecular formula is C10H17N3O2S2. The van der Waals surface area contributed by atoms with E-state index in [4.69, 9.17) is 5.73 Å². The van der Waals surface area contributed by atoms with Crippen molar-refractivity contribution in [2.75, 3.05) is 30.5 Å². The Bertz CT molecular complexity index is 524. The Kier molecular flexibility index (Phi) is 3.07. The van der Waals surface area contributed by atoms with Gasteiger partial charge in [-0.1, -0.05) is 6.92 Å². The zero-order valence-corrected chi connectivity index (χ0v) is 11.8. The lowest BCUT2D eigenvalue weighted by Gasteiger charge is -2.17. The highest BCUT2D eigenvalue weighted by Gasteiger charge is 2.34. The average molecular weight is 275 g/mol. The molecule has 2 atom stereocenters. The fraction of sp³-hybridized carbons (Fsp3) is 0.700. The van der Waals surface area contributed by atoms with Crippen LogP contribution < -0.4 is 10.6 Å². The van der Waals surface area contributed by atoms with Crippen molar-refractivity contribution in [3.05, 3.63) is 0 Å². The predicted octanol–water partition coefficient (Wildman–Crippen LogP) is 1.22. The van der Waals surface area contributed by atoms with Crippen molar-refractivity contribution in [1.29, 1.82) is 0 Å². The summed E-state index contributed by atoms with van der Waals surface area (Å²) in [6.45, 7) is 3.07. The number of anilines is 2. The van der Waals surface area contributed by atoms with Crippen LogP contribution in [0.2, 0.25) is 0 Å². The summed E-state index contributed by atoms with van der Waals surface area (Å²) in [7, 11) is -1.42. The van der Waals surface area contributed by atoms with E-state index in [1.54, 1.807) is 0 Å². The van der Waals surface area contributed by atoms with Crippen molar-refractivity contribution in [1.82, 2.24) is 4.37 Å². The molecule has 0 aliphatic heterocycles. The van der Waals surface area contributed by atoms with Crippen LogP contribution >= 0.6 is 11.5 Å². The zero-order valence-electron chi connectivity index (χ0n) is 10.2. The molecule has 1 fully saturated rings. The van der Waals surface area contributed by atoms with Gasteiger partial charge >= 0.3 is 0 Å². The fourth-order valence-corrected chi connectivity index (χ4v) is 4.16. The smallest absolute Gasteiger partial charge is 0.182 e. The monoisotopic (exact) mass is 275 g/mol. The highest BCUT2D eigenvalue weighted by Crippen LogP contribution is 2.41. The Balaban J connectivity index is 2.26. The first-order valence-electron chi connectivity index (χ1n) is 5.47. The van der Waals surface area contributed by atoms with Crippen molar-refractivity contribution < 1.29 is 8.42 Å². The first-order chi connectivity index (χ1) is 7.80. The van der Waals surface area contributed by atoms with Gasteiger partial charge in [-0.15, -0.1) is 0 Å². The molecule has 7 heteroatoms. The number of nitrogens with zero attached hydrogens (tertiary/aromatic N) is 2. The summed E-state index contributed by atoms with van der Waals surface area (Å²) in [5.41, 5.74) is 5.63. The number of hydrogen-bond acceptors (Lipinski definition) is 6. The van der Waals surface area contributed by atoms with Gasteiger partial charge in [0.05, 0.1) is 0 Å². The first kappa shape index (κ1) is 12.6. The molecule has 2 N–H and O–H groups in total. The maximum Gasteiger partial charge on any atom is 0.182 e. The van der Waals surface area contributed by atoms with E-state index in [-0.39, 0.29) is 10.7 Å². The van der Waals surface area contributed by atoms with Crippen LogP contribution in [0.4, 0.5) is 10.8 Å². The molecule has 0 bridgehead atoms. The lowest BCUT2D eigenvalue weighted by molar-refractivity contribution is 0.602. The Labute approximate surface area is 106 Å². The Morgan fingerprint density at radius 2 is 2.18 bits per heavy atom. The summed E-state index contributed by atoms with van der Waals surface area (Å²) < 4.78 is 27.3. The van der Waals surface area contributed by atoms with E-state index < -0.39 is 9.84 Å². The second-order valence-electron chi connectivity index (χ2n) is 4.83. The molecule has 2 rings (SSSR count). The first-order valence-corrected chi connectivity index (χ1v) is 8.13. The average Bonchev–Trinajstić information content (AvgIpc) is 2.73. The van der Waals surface area contributed by atoms with Gasteiger partial charge < -0.3 is 10.6 Å². The quantitative estimate of drug-likeness (QED) is 0.894. The largest absolute Gasteiger partial charge is 0.382 e. The van der Waals surface area contributed by atoms with Crippen LogP contribution in [-0.4, -0.2) is 32.6 Å². The topological polar surface area (TPSA) is 76.3 Å². The van der Waals surface area contributed by atoms with Crippen molar-refractivity contribution >= 4 is 32.2 Å². The third-order valence-corrected chi connectivity index (χ3v) is 5.41. The van der Waals surface area contributed by atoms with E-state index in [0.717, 1.165) is 24.0 Å². The highest BCUT2D eigenvalue weighted by molar-refractivity contribution is 7.91. The number of aromatic nitrogens is 1. The minimum Gasteiger partial charge on any atom is -0.382 e. The normalized spacial score (nSPS) is 23.7. The van der Waals surface area contributed by atoms with E-state index in [1.165, 1.54) is 12.7 Å². The van der Waals surface area contributed by atoms with Crippen molar-refractivity contribution in [3.8, 4) is 0 Å². The summed E-state index contributed by atoms with van der Waals surface area (Å²) in [6.07, 6.45) is 2.39. The Hall–Kier alpha value is -0.820. The molecule has 1 saturated carbocycles. The zero-order chi connectivity index (χ0) is 12.8. The molecule has 0 spiro atoms. The molecule has 1 aliphatic carbocycles. The molecule has 17 heavy (non-hydrogen) atoms. The number of rotatable bonds is 4. The van der Waals surface area contributed by atoms with E-state index in [0.29, 0.717) is 10.9 Å². The van der Waals surface area contributed by atoms with Crippen molar-refractivity contribution in [2.24, 2.45) is 11.8 Å². The van der Waals surface area contributed by atoms with Gasteiger partial charge in [0.1, 0.15) is 9.90 Å². The molecule has 5 nitrogen and oxygen atoms in total. The minimum atomic E-state index is -3.31. The molecular weight excluding hydrogens is 258 g/mol. The fourth-order valence-electron chi connectivity index (χ4n) is 1.96. The van der Waals surface area contributed by atoms with Gasteiger partial charge in [0.15, 0.2) is 15.7 Å². The molecule has 1 heterocycles. The third kappa shape index (κ3) is 2.55. The van der Waals surface area contributed by atoms with E-state index in [2.05, 4.69) is 11.3 Å². The van der Waals surface area contributed by atoms with Crippen LogP contribution in [0.15, 0.2) is 4.90 Å².